The molecule has 0 saturated carbocycles. The van der Waals surface area contributed by atoms with E-state index >= 15 is 0 Å². The highest BCUT2D eigenvalue weighted by Gasteiger charge is 2.57. The molecule has 4 aliphatic heterocycles. The molecular formula is C38H60O12. The molecule has 6 bridgehead atoms. The van der Waals surface area contributed by atoms with Crippen LogP contribution >= 0.6 is 0 Å². The van der Waals surface area contributed by atoms with Gasteiger partial charge in [-0.15, -0.1) is 0 Å². The van der Waals surface area contributed by atoms with Gasteiger partial charge in [0.05, 0.1) is 56.6 Å². The van der Waals surface area contributed by atoms with Crippen molar-refractivity contribution in [1.82, 2.24) is 0 Å². The van der Waals surface area contributed by atoms with E-state index in [0.717, 1.165) is 44.9 Å². The first kappa shape index (κ1) is 40.5. The van der Waals surface area contributed by atoms with Crippen LogP contribution in [0, 0.1) is 5.41 Å². The standard InChI is InChI=1S/C38H60O12/c1-6-7-8-9-10-14-33(41)49-36-26(19-34(42)44-5)18-30-22-31(23-39)46-25(2)17-27(40)20-28-12-11-13-29(47-28)21-32-24-45-35(48-32)15-16-37(3,4)38(36,43)50-30/h15-16,19,27-32,35-36,39-40,43H,2,6-14,17-18,20-24H2,1,3-5H3/b16-15+,26-19+/t27-,28-,29+,30?,31+,32+,35-,36-,38?/m0/s1. The molecule has 0 spiro atoms. The van der Waals surface area contributed by atoms with Crippen LogP contribution in [-0.2, 0) is 42.7 Å². The maximum absolute atomic E-state index is 13.3. The average molecular weight is 709 g/mol. The third kappa shape index (κ3) is 11.3. The summed E-state index contributed by atoms with van der Waals surface area (Å²) in [6.45, 7) is 9.57. The molecule has 4 rings (SSSR count). The van der Waals surface area contributed by atoms with Gasteiger partial charge in [0.1, 0.15) is 6.10 Å². The van der Waals surface area contributed by atoms with Crippen molar-refractivity contribution in [2.75, 3.05) is 20.3 Å². The summed E-state index contributed by atoms with van der Waals surface area (Å²) >= 11 is 0. The second-order valence-corrected chi connectivity index (χ2v) is 14.8. The molecule has 0 aromatic rings. The smallest absolute Gasteiger partial charge is 0.330 e. The lowest BCUT2D eigenvalue weighted by Crippen LogP contribution is -2.62. The number of hydrogen-bond donors (Lipinski definition) is 3. The summed E-state index contributed by atoms with van der Waals surface area (Å²) in [5, 5.41) is 33.8. The Morgan fingerprint density at radius 2 is 1.76 bits per heavy atom. The van der Waals surface area contributed by atoms with E-state index in [1.165, 1.54) is 13.2 Å². The van der Waals surface area contributed by atoms with E-state index in [0.29, 0.717) is 37.2 Å². The number of esters is 2. The van der Waals surface area contributed by atoms with Crippen LogP contribution in [0.25, 0.3) is 0 Å². The van der Waals surface area contributed by atoms with E-state index in [4.69, 9.17) is 33.2 Å². The summed E-state index contributed by atoms with van der Waals surface area (Å²) in [6, 6.07) is 0. The molecule has 0 aromatic heterocycles. The first-order valence-corrected chi connectivity index (χ1v) is 18.5. The minimum Gasteiger partial charge on any atom is -0.493 e. The zero-order chi connectivity index (χ0) is 36.3. The van der Waals surface area contributed by atoms with Gasteiger partial charge >= 0.3 is 11.9 Å². The van der Waals surface area contributed by atoms with Gasteiger partial charge < -0.3 is 48.5 Å². The van der Waals surface area contributed by atoms with Crippen LogP contribution in [0.1, 0.15) is 111 Å². The molecule has 50 heavy (non-hydrogen) atoms. The minimum atomic E-state index is -2.18. The first-order chi connectivity index (χ1) is 23.8. The fraction of sp³-hybridized carbons (Fsp3) is 0.789. The summed E-state index contributed by atoms with van der Waals surface area (Å²) in [6.07, 6.45) is 8.84. The SMILES string of the molecule is C=C1C[C@H](O)C[C@@H]2CCC[C@H](C[C@@H]3CO[C@H](/C=C/C(C)(C)C4(O)OC(C/C(=C\C(=O)OC)[C@@H]4OC(=O)CCCCCCC)C[C@H](CO)O1)O3)O2. The highest BCUT2D eigenvalue weighted by atomic mass is 16.7. The molecule has 4 heterocycles. The average Bonchev–Trinajstić information content (AvgIpc) is 3.51. The Bertz CT molecular complexity index is 1180. The zero-order valence-corrected chi connectivity index (χ0v) is 30.4. The van der Waals surface area contributed by atoms with Gasteiger partial charge in [0.15, 0.2) is 12.4 Å². The normalized spacial score (nSPS) is 36.6. The van der Waals surface area contributed by atoms with Crippen LogP contribution < -0.4 is 0 Å². The summed E-state index contributed by atoms with van der Waals surface area (Å²) in [7, 11) is 1.25. The van der Waals surface area contributed by atoms with Gasteiger partial charge in [-0.1, -0.05) is 59.1 Å². The van der Waals surface area contributed by atoms with Crippen molar-refractivity contribution in [2.24, 2.45) is 5.41 Å². The Hall–Kier alpha value is -2.32. The summed E-state index contributed by atoms with van der Waals surface area (Å²) in [5.41, 5.74) is -0.925. The summed E-state index contributed by atoms with van der Waals surface area (Å²) < 4.78 is 41.9. The molecule has 12 nitrogen and oxygen atoms in total. The molecular weight excluding hydrogens is 648 g/mol. The van der Waals surface area contributed by atoms with E-state index in [-0.39, 0.29) is 44.0 Å². The molecule has 3 saturated heterocycles. The molecule has 284 valence electrons. The monoisotopic (exact) mass is 708 g/mol. The third-order valence-corrected chi connectivity index (χ3v) is 10.1. The van der Waals surface area contributed by atoms with Crippen molar-refractivity contribution < 1.29 is 58.1 Å². The highest BCUT2D eigenvalue weighted by molar-refractivity contribution is 5.83. The quantitative estimate of drug-likeness (QED) is 0.129. The largest absolute Gasteiger partial charge is 0.493 e. The third-order valence-electron chi connectivity index (χ3n) is 10.1. The van der Waals surface area contributed by atoms with Gasteiger partial charge in [0.2, 0.25) is 5.79 Å². The maximum atomic E-state index is 13.3. The van der Waals surface area contributed by atoms with Crippen molar-refractivity contribution in [3.63, 3.8) is 0 Å². The molecule has 3 N–H and O–H groups in total. The van der Waals surface area contributed by atoms with E-state index in [2.05, 4.69) is 13.5 Å². The molecule has 0 aromatic carbocycles. The Labute approximate surface area is 297 Å². The maximum Gasteiger partial charge on any atom is 0.330 e. The fourth-order valence-corrected chi connectivity index (χ4v) is 7.31. The Kier molecular flexibility index (Phi) is 15.3. The van der Waals surface area contributed by atoms with Crippen molar-refractivity contribution in [2.45, 2.75) is 165 Å². The number of fused-ring (bicyclic) bond motifs is 6. The predicted octanol–water partition coefficient (Wildman–Crippen LogP) is 4.92. The number of ether oxygens (including phenoxy) is 7. The number of hydrogen-bond acceptors (Lipinski definition) is 12. The Morgan fingerprint density at radius 1 is 1.02 bits per heavy atom. The van der Waals surface area contributed by atoms with E-state index < -0.39 is 60.5 Å². The van der Waals surface area contributed by atoms with Gasteiger partial charge in [-0.25, -0.2) is 4.79 Å². The molecule has 0 radical (unpaired) electrons. The Morgan fingerprint density at radius 3 is 2.48 bits per heavy atom. The second-order valence-electron chi connectivity index (χ2n) is 14.8. The molecule has 12 heteroatoms. The molecule has 4 aliphatic rings. The van der Waals surface area contributed by atoms with Crippen molar-refractivity contribution in [1.29, 1.82) is 0 Å². The number of rotatable bonds is 9. The van der Waals surface area contributed by atoms with E-state index in [1.807, 2.05) is 0 Å². The zero-order valence-electron chi connectivity index (χ0n) is 30.4. The van der Waals surface area contributed by atoms with Gasteiger partial charge in [-0.05, 0) is 50.2 Å². The van der Waals surface area contributed by atoms with Crippen LogP contribution in [-0.4, -0.2) is 102 Å². The van der Waals surface area contributed by atoms with Crippen molar-refractivity contribution in [3.05, 3.63) is 36.1 Å². The molecule has 2 unspecified atom stereocenters. The van der Waals surface area contributed by atoms with Gasteiger partial charge in [-0.3, -0.25) is 4.79 Å². The lowest BCUT2D eigenvalue weighted by Gasteiger charge is -2.51. The van der Waals surface area contributed by atoms with E-state index in [9.17, 15) is 24.9 Å². The fourth-order valence-electron chi connectivity index (χ4n) is 7.31. The summed E-state index contributed by atoms with van der Waals surface area (Å²) in [5.74, 6) is -3.08. The van der Waals surface area contributed by atoms with Crippen LogP contribution in [0.15, 0.2) is 36.1 Å². The van der Waals surface area contributed by atoms with Crippen LogP contribution in [0.4, 0.5) is 0 Å². The lowest BCUT2D eigenvalue weighted by atomic mass is 9.74. The molecule has 9 atom stereocenters. The Balaban J connectivity index is 1.66. The van der Waals surface area contributed by atoms with Crippen LogP contribution in [0.3, 0.4) is 0 Å². The van der Waals surface area contributed by atoms with Gasteiger partial charge in [0.25, 0.3) is 0 Å². The van der Waals surface area contributed by atoms with Crippen molar-refractivity contribution in [3.8, 4) is 0 Å². The number of aliphatic hydroxyl groups is 3. The topological polar surface area (TPSA) is 159 Å². The predicted molar refractivity (Wildman–Crippen MR) is 183 cm³/mol. The number of unbranched alkanes of at least 4 members (excludes halogenated alkanes) is 4. The van der Waals surface area contributed by atoms with Crippen LogP contribution in [0.5, 0.6) is 0 Å². The molecule has 0 amide bonds. The highest BCUT2D eigenvalue weighted by Crippen LogP contribution is 2.47. The van der Waals surface area contributed by atoms with E-state index in [1.54, 1.807) is 26.0 Å². The second kappa shape index (κ2) is 19.0. The minimum absolute atomic E-state index is 0.0343. The number of carbonyl (C=O) groups excluding carboxylic acids is 2. The number of carbonyl (C=O) groups is 2. The van der Waals surface area contributed by atoms with Crippen molar-refractivity contribution >= 4 is 11.9 Å². The number of methoxy groups -OCH3 is 1. The van der Waals surface area contributed by atoms with Gasteiger partial charge in [-0.2, -0.15) is 0 Å². The molecule has 3 fully saturated rings. The first-order valence-electron chi connectivity index (χ1n) is 18.5. The summed E-state index contributed by atoms with van der Waals surface area (Å²) in [4.78, 5) is 25.9. The lowest BCUT2D eigenvalue weighted by molar-refractivity contribution is -0.327. The van der Waals surface area contributed by atoms with Crippen LogP contribution in [0.2, 0.25) is 0 Å². The van der Waals surface area contributed by atoms with Gasteiger partial charge in [0, 0.05) is 37.2 Å². The molecule has 0 aliphatic carbocycles. The number of aliphatic hydroxyl groups excluding tert-OH is 2.